The van der Waals surface area contributed by atoms with Gasteiger partial charge >= 0.3 is 0 Å². The summed E-state index contributed by atoms with van der Waals surface area (Å²) in [5.41, 5.74) is 5.53. The first kappa shape index (κ1) is 8.99. The molecule has 12 heavy (non-hydrogen) atoms. The minimum atomic E-state index is -0.203. The maximum atomic E-state index is 5.53. The van der Waals surface area contributed by atoms with E-state index in [4.69, 9.17) is 5.73 Å². The molecule has 0 bridgehead atoms. The molecule has 1 unspecified atom stereocenters. The van der Waals surface area contributed by atoms with Gasteiger partial charge in [-0.1, -0.05) is 13.8 Å². The van der Waals surface area contributed by atoms with Gasteiger partial charge < -0.3 is 5.73 Å². The lowest BCUT2D eigenvalue weighted by Gasteiger charge is -2.03. The first-order valence-electron chi connectivity index (χ1n) is 3.94. The van der Waals surface area contributed by atoms with Crippen LogP contribution in [-0.4, -0.2) is 20.4 Å². The Bertz CT molecular complexity index is 213. The molecule has 0 amide bonds. The molecule has 5 heteroatoms. The van der Waals surface area contributed by atoms with Gasteiger partial charge in [-0.25, -0.2) is 0 Å². The third-order valence-electron chi connectivity index (χ3n) is 1.43. The predicted molar refractivity (Wildman–Crippen MR) is 44.3 cm³/mol. The third kappa shape index (κ3) is 1.94. The standard InChI is InChI=1S/C7H13N5/c1-4(2)6-9-11-7(5(3)8)12-10-6/h4-5H,8H2,1-3H3. The highest BCUT2D eigenvalue weighted by Gasteiger charge is 2.07. The molecule has 0 fully saturated rings. The molecule has 66 valence electrons. The van der Waals surface area contributed by atoms with Gasteiger partial charge in [0.15, 0.2) is 11.6 Å². The average molecular weight is 167 g/mol. The van der Waals surface area contributed by atoms with Crippen LogP contribution in [0.3, 0.4) is 0 Å². The second kappa shape index (κ2) is 3.53. The van der Waals surface area contributed by atoms with Crippen molar-refractivity contribution in [3.63, 3.8) is 0 Å². The van der Waals surface area contributed by atoms with Crippen molar-refractivity contribution in [3.05, 3.63) is 11.6 Å². The van der Waals surface area contributed by atoms with Gasteiger partial charge in [0.05, 0.1) is 6.04 Å². The van der Waals surface area contributed by atoms with E-state index in [9.17, 15) is 0 Å². The van der Waals surface area contributed by atoms with Crippen LogP contribution >= 0.6 is 0 Å². The van der Waals surface area contributed by atoms with E-state index < -0.39 is 0 Å². The summed E-state index contributed by atoms with van der Waals surface area (Å²) in [6.07, 6.45) is 0. The van der Waals surface area contributed by atoms with Gasteiger partial charge in [-0.2, -0.15) is 0 Å². The molecule has 0 aliphatic rings. The zero-order valence-electron chi connectivity index (χ0n) is 7.52. The molecule has 1 atom stereocenters. The van der Waals surface area contributed by atoms with Crippen LogP contribution in [0.5, 0.6) is 0 Å². The van der Waals surface area contributed by atoms with Crippen LogP contribution < -0.4 is 5.73 Å². The number of hydrogen-bond donors (Lipinski definition) is 1. The number of hydrogen-bond acceptors (Lipinski definition) is 5. The van der Waals surface area contributed by atoms with E-state index >= 15 is 0 Å². The van der Waals surface area contributed by atoms with Crippen LogP contribution in [-0.2, 0) is 0 Å². The van der Waals surface area contributed by atoms with Crippen molar-refractivity contribution in [2.45, 2.75) is 32.7 Å². The smallest absolute Gasteiger partial charge is 0.189 e. The highest BCUT2D eigenvalue weighted by atomic mass is 15.3. The van der Waals surface area contributed by atoms with Gasteiger partial charge in [0, 0.05) is 5.92 Å². The highest BCUT2D eigenvalue weighted by molar-refractivity contribution is 4.90. The Kier molecular flexibility index (Phi) is 2.65. The number of rotatable bonds is 2. The largest absolute Gasteiger partial charge is 0.321 e. The Morgan fingerprint density at radius 2 is 1.33 bits per heavy atom. The Hall–Kier alpha value is -1.10. The SMILES string of the molecule is CC(C)c1nnc(C(C)N)nn1. The Morgan fingerprint density at radius 1 is 0.917 bits per heavy atom. The van der Waals surface area contributed by atoms with Crippen molar-refractivity contribution in [1.29, 1.82) is 0 Å². The number of aromatic nitrogens is 4. The monoisotopic (exact) mass is 167 g/mol. The van der Waals surface area contributed by atoms with Gasteiger partial charge in [0.25, 0.3) is 0 Å². The van der Waals surface area contributed by atoms with Crippen molar-refractivity contribution >= 4 is 0 Å². The fourth-order valence-corrected chi connectivity index (χ4v) is 0.658. The van der Waals surface area contributed by atoms with Crippen molar-refractivity contribution in [3.8, 4) is 0 Å². The topological polar surface area (TPSA) is 77.6 Å². The maximum Gasteiger partial charge on any atom is 0.189 e. The zero-order chi connectivity index (χ0) is 9.14. The van der Waals surface area contributed by atoms with Crippen LogP contribution in [0, 0.1) is 0 Å². The van der Waals surface area contributed by atoms with E-state index in [2.05, 4.69) is 20.4 Å². The van der Waals surface area contributed by atoms with E-state index in [1.165, 1.54) is 0 Å². The molecular formula is C7H13N5. The zero-order valence-corrected chi connectivity index (χ0v) is 7.52. The lowest BCUT2D eigenvalue weighted by molar-refractivity contribution is 0.618. The molecular weight excluding hydrogens is 154 g/mol. The molecule has 1 rings (SSSR count). The maximum absolute atomic E-state index is 5.53. The summed E-state index contributed by atoms with van der Waals surface area (Å²) >= 11 is 0. The van der Waals surface area contributed by atoms with Crippen LogP contribution in [0.15, 0.2) is 0 Å². The first-order valence-corrected chi connectivity index (χ1v) is 3.94. The van der Waals surface area contributed by atoms with Gasteiger partial charge in [-0.15, -0.1) is 20.4 Å². The van der Waals surface area contributed by atoms with Gasteiger partial charge in [-0.3, -0.25) is 0 Å². The second-order valence-corrected chi connectivity index (χ2v) is 3.06. The van der Waals surface area contributed by atoms with E-state index in [1.54, 1.807) is 6.92 Å². The minimum absolute atomic E-state index is 0.203. The van der Waals surface area contributed by atoms with Crippen molar-refractivity contribution in [2.24, 2.45) is 5.73 Å². The number of nitrogens with two attached hydrogens (primary N) is 1. The summed E-state index contributed by atoms with van der Waals surface area (Å²) in [6.45, 7) is 5.78. The predicted octanol–water partition coefficient (Wildman–Crippen LogP) is 0.410. The molecule has 0 saturated heterocycles. The van der Waals surface area contributed by atoms with E-state index in [0.717, 1.165) is 0 Å². The highest BCUT2D eigenvalue weighted by Crippen LogP contribution is 2.06. The summed E-state index contributed by atoms with van der Waals surface area (Å²) in [5.74, 6) is 1.39. The van der Waals surface area contributed by atoms with Gasteiger partial charge in [-0.05, 0) is 6.92 Å². The third-order valence-corrected chi connectivity index (χ3v) is 1.43. The Labute approximate surface area is 71.4 Å². The molecule has 0 saturated carbocycles. The Balaban J connectivity index is 2.86. The normalized spacial score (nSPS) is 13.4. The fourth-order valence-electron chi connectivity index (χ4n) is 0.658. The van der Waals surface area contributed by atoms with E-state index in [1.807, 2.05) is 13.8 Å². The van der Waals surface area contributed by atoms with Crippen LogP contribution in [0.4, 0.5) is 0 Å². The Morgan fingerprint density at radius 3 is 1.67 bits per heavy atom. The van der Waals surface area contributed by atoms with Crippen molar-refractivity contribution < 1.29 is 0 Å². The summed E-state index contributed by atoms with van der Waals surface area (Å²) in [6, 6.07) is -0.203. The molecule has 5 nitrogen and oxygen atoms in total. The fraction of sp³-hybridized carbons (Fsp3) is 0.714. The van der Waals surface area contributed by atoms with E-state index in [0.29, 0.717) is 11.6 Å². The molecule has 0 aromatic carbocycles. The van der Waals surface area contributed by atoms with Crippen LogP contribution in [0.25, 0.3) is 0 Å². The molecule has 0 spiro atoms. The average Bonchev–Trinajstić information content (AvgIpc) is 2.04. The quantitative estimate of drug-likeness (QED) is 0.690. The summed E-state index contributed by atoms with van der Waals surface area (Å²) in [4.78, 5) is 0. The minimum Gasteiger partial charge on any atom is -0.321 e. The lowest BCUT2D eigenvalue weighted by Crippen LogP contribution is -2.14. The molecule has 0 aliphatic carbocycles. The summed E-state index contributed by atoms with van der Waals surface area (Å²) < 4.78 is 0. The molecule has 0 radical (unpaired) electrons. The van der Waals surface area contributed by atoms with Gasteiger partial charge in [0.2, 0.25) is 0 Å². The lowest BCUT2D eigenvalue weighted by atomic mass is 10.2. The summed E-state index contributed by atoms with van der Waals surface area (Å²) in [7, 11) is 0. The second-order valence-electron chi connectivity index (χ2n) is 3.06. The molecule has 2 N–H and O–H groups in total. The summed E-state index contributed by atoms with van der Waals surface area (Å²) in [5, 5.41) is 15.5. The molecule has 1 heterocycles. The van der Waals surface area contributed by atoms with Gasteiger partial charge in [0.1, 0.15) is 0 Å². The molecule has 1 aromatic heterocycles. The number of nitrogens with zero attached hydrogens (tertiary/aromatic N) is 4. The van der Waals surface area contributed by atoms with Crippen molar-refractivity contribution in [2.75, 3.05) is 0 Å². The van der Waals surface area contributed by atoms with Crippen LogP contribution in [0.2, 0.25) is 0 Å². The van der Waals surface area contributed by atoms with E-state index in [-0.39, 0.29) is 12.0 Å². The molecule has 0 aliphatic heterocycles. The first-order chi connectivity index (χ1) is 5.61. The van der Waals surface area contributed by atoms with Crippen LogP contribution in [0.1, 0.15) is 44.4 Å². The molecule has 1 aromatic rings. The van der Waals surface area contributed by atoms with Crippen molar-refractivity contribution in [1.82, 2.24) is 20.4 Å².